The van der Waals surface area contributed by atoms with Crippen LogP contribution in [-0.4, -0.2) is 43.7 Å². The smallest absolute Gasteiger partial charge is 0.261 e. The highest BCUT2D eigenvalue weighted by atomic mass is 32.2. The van der Waals surface area contributed by atoms with Gasteiger partial charge in [-0.25, -0.2) is 18.9 Å². The van der Waals surface area contributed by atoms with Gasteiger partial charge < -0.3 is 10.1 Å². The Morgan fingerprint density at radius 2 is 1.75 bits per heavy atom. The molecule has 0 saturated carbocycles. The molecule has 10 heteroatoms. The van der Waals surface area contributed by atoms with Crippen molar-refractivity contribution < 1.29 is 23.2 Å². The van der Waals surface area contributed by atoms with Gasteiger partial charge in [0.2, 0.25) is 10.0 Å². The minimum atomic E-state index is -4.02. The van der Waals surface area contributed by atoms with E-state index in [1.54, 1.807) is 61.9 Å². The van der Waals surface area contributed by atoms with Gasteiger partial charge in [-0.1, -0.05) is 35.9 Å². The number of nitrogens with zero attached hydrogens (tertiary/aromatic N) is 1. The number of nitrogens with one attached hydrogen (secondary N) is 3. The molecule has 3 rings (SSSR count). The molecule has 2 aromatic carbocycles. The van der Waals surface area contributed by atoms with E-state index in [0.717, 1.165) is 17.8 Å². The zero-order valence-electron chi connectivity index (χ0n) is 20.6. The summed E-state index contributed by atoms with van der Waals surface area (Å²) in [5.74, 6) is 0.625. The molecule has 0 saturated heterocycles. The van der Waals surface area contributed by atoms with Crippen molar-refractivity contribution >= 4 is 21.7 Å². The number of pyridine rings is 1. The van der Waals surface area contributed by atoms with Crippen LogP contribution in [0.1, 0.15) is 28.7 Å². The zero-order valence-corrected chi connectivity index (χ0v) is 21.4. The zero-order chi connectivity index (χ0) is 26.1. The fraction of sp³-hybridized carbons (Fsp3) is 0.308. The molecule has 3 aromatic rings. The molecule has 0 aliphatic heterocycles. The van der Waals surface area contributed by atoms with Crippen LogP contribution in [0.15, 0.2) is 65.7 Å². The molecule has 36 heavy (non-hydrogen) atoms. The first-order valence-electron chi connectivity index (χ1n) is 11.6. The van der Waals surface area contributed by atoms with Gasteiger partial charge in [-0.3, -0.25) is 10.0 Å². The van der Waals surface area contributed by atoms with Crippen LogP contribution in [0.5, 0.6) is 5.75 Å². The second-order valence-corrected chi connectivity index (χ2v) is 10.2. The molecular formula is C26H32N4O5S. The quantitative estimate of drug-likeness (QED) is 0.166. The van der Waals surface area contributed by atoms with Crippen molar-refractivity contribution in [1.29, 1.82) is 0 Å². The van der Waals surface area contributed by atoms with Crippen molar-refractivity contribution in [2.75, 3.05) is 18.5 Å². The van der Waals surface area contributed by atoms with E-state index in [9.17, 15) is 18.4 Å². The predicted molar refractivity (Wildman–Crippen MR) is 138 cm³/mol. The molecule has 1 atom stereocenters. The first-order chi connectivity index (χ1) is 17.2. The van der Waals surface area contributed by atoms with Crippen molar-refractivity contribution in [2.45, 2.75) is 44.6 Å². The molecule has 192 valence electrons. The first kappa shape index (κ1) is 27.1. The standard InChI is InChI=1S/C26H32N4O5S/c1-18-15-19(2)25(20(3)16-18)36(33,34)30-23(26(31)29-32)17-21-8-10-22(11-9-21)35-14-6-13-28-24-7-4-5-12-27-24/h4-5,7-12,15-16,23,30,32H,6,13-14,17H2,1-3H3,(H,27,28)(H,29,31)/t23-/m0/s1. The van der Waals surface area contributed by atoms with Crippen LogP contribution in [0.3, 0.4) is 0 Å². The molecule has 1 heterocycles. The number of anilines is 1. The van der Waals surface area contributed by atoms with E-state index in [1.165, 1.54) is 0 Å². The number of carbonyl (C=O) groups excluding carboxylic acids is 1. The van der Waals surface area contributed by atoms with Gasteiger partial charge in [-0.2, -0.15) is 4.72 Å². The van der Waals surface area contributed by atoms with Crippen molar-refractivity contribution in [3.05, 3.63) is 83.0 Å². The average Bonchev–Trinajstić information content (AvgIpc) is 2.83. The van der Waals surface area contributed by atoms with Crippen LogP contribution in [0.25, 0.3) is 0 Å². The topological polar surface area (TPSA) is 130 Å². The van der Waals surface area contributed by atoms with Gasteiger partial charge in [-0.15, -0.1) is 0 Å². The van der Waals surface area contributed by atoms with Crippen LogP contribution in [0, 0.1) is 20.8 Å². The minimum absolute atomic E-state index is 0.0455. The van der Waals surface area contributed by atoms with Gasteiger partial charge in [-0.05, 0) is 74.6 Å². The number of amides is 1. The Labute approximate surface area is 211 Å². The second kappa shape index (κ2) is 12.5. The van der Waals surface area contributed by atoms with Gasteiger partial charge in [0, 0.05) is 12.7 Å². The van der Waals surface area contributed by atoms with Crippen LogP contribution >= 0.6 is 0 Å². The monoisotopic (exact) mass is 512 g/mol. The number of carbonyl (C=O) groups is 1. The van der Waals surface area contributed by atoms with E-state index >= 15 is 0 Å². The molecule has 4 N–H and O–H groups in total. The van der Waals surface area contributed by atoms with Gasteiger partial charge in [0.25, 0.3) is 5.91 Å². The summed E-state index contributed by atoms with van der Waals surface area (Å²) in [6.45, 7) is 6.53. The molecular weight excluding hydrogens is 480 g/mol. The van der Waals surface area contributed by atoms with E-state index in [1.807, 2.05) is 25.1 Å². The minimum Gasteiger partial charge on any atom is -0.494 e. The summed E-state index contributed by atoms with van der Waals surface area (Å²) in [5, 5.41) is 12.4. The molecule has 0 unspecified atom stereocenters. The highest BCUT2D eigenvalue weighted by Gasteiger charge is 2.28. The Morgan fingerprint density at radius 1 is 1.06 bits per heavy atom. The van der Waals surface area contributed by atoms with Gasteiger partial charge in [0.1, 0.15) is 17.6 Å². The van der Waals surface area contributed by atoms with Crippen LogP contribution in [0.2, 0.25) is 0 Å². The summed E-state index contributed by atoms with van der Waals surface area (Å²) < 4.78 is 34.4. The molecule has 1 aromatic heterocycles. The highest BCUT2D eigenvalue weighted by Crippen LogP contribution is 2.22. The third-order valence-electron chi connectivity index (χ3n) is 5.52. The summed E-state index contributed by atoms with van der Waals surface area (Å²) in [7, 11) is -4.02. The molecule has 0 aliphatic carbocycles. The van der Waals surface area contributed by atoms with Crippen molar-refractivity contribution in [3.63, 3.8) is 0 Å². The van der Waals surface area contributed by atoms with E-state index in [4.69, 9.17) is 4.74 Å². The van der Waals surface area contributed by atoms with Gasteiger partial charge >= 0.3 is 0 Å². The fourth-order valence-corrected chi connectivity index (χ4v) is 5.65. The number of rotatable bonds is 12. The number of aryl methyl sites for hydroxylation is 3. The van der Waals surface area contributed by atoms with Gasteiger partial charge in [0.15, 0.2) is 0 Å². The third kappa shape index (κ3) is 7.51. The Hall–Kier alpha value is -3.47. The summed E-state index contributed by atoms with van der Waals surface area (Å²) in [4.78, 5) is 16.6. The maximum absolute atomic E-state index is 13.1. The van der Waals surface area contributed by atoms with Crippen molar-refractivity contribution in [1.82, 2.24) is 15.2 Å². The number of hydroxylamine groups is 1. The third-order valence-corrected chi connectivity index (χ3v) is 7.30. The lowest BCUT2D eigenvalue weighted by Crippen LogP contribution is -2.47. The van der Waals surface area contributed by atoms with Gasteiger partial charge in [0.05, 0.1) is 11.5 Å². The number of hydrogen-bond acceptors (Lipinski definition) is 7. The van der Waals surface area contributed by atoms with Crippen LogP contribution in [0.4, 0.5) is 5.82 Å². The molecule has 0 bridgehead atoms. The maximum Gasteiger partial charge on any atom is 0.261 e. The average molecular weight is 513 g/mol. The van der Waals surface area contributed by atoms with Crippen LogP contribution in [-0.2, 0) is 21.2 Å². The van der Waals surface area contributed by atoms with Crippen molar-refractivity contribution in [2.24, 2.45) is 0 Å². The number of ether oxygens (including phenoxy) is 1. The van der Waals surface area contributed by atoms with E-state index in [0.29, 0.717) is 35.6 Å². The molecule has 0 radical (unpaired) electrons. The summed E-state index contributed by atoms with van der Waals surface area (Å²) in [5.41, 5.74) is 4.37. The molecule has 0 spiro atoms. The largest absolute Gasteiger partial charge is 0.494 e. The fourth-order valence-electron chi connectivity index (χ4n) is 4.01. The highest BCUT2D eigenvalue weighted by molar-refractivity contribution is 7.89. The number of hydrogen-bond donors (Lipinski definition) is 4. The number of aromatic nitrogens is 1. The number of sulfonamides is 1. The maximum atomic E-state index is 13.1. The number of benzene rings is 2. The Balaban J connectivity index is 1.59. The lowest BCUT2D eigenvalue weighted by molar-refractivity contribution is -0.130. The summed E-state index contributed by atoms with van der Waals surface area (Å²) in [6.07, 6.45) is 2.55. The predicted octanol–water partition coefficient (Wildman–Crippen LogP) is 3.28. The molecule has 0 aliphatic rings. The van der Waals surface area contributed by atoms with E-state index in [-0.39, 0.29) is 11.3 Å². The summed E-state index contributed by atoms with van der Waals surface area (Å²) in [6, 6.07) is 15.1. The molecule has 9 nitrogen and oxygen atoms in total. The lowest BCUT2D eigenvalue weighted by Gasteiger charge is -2.19. The van der Waals surface area contributed by atoms with E-state index in [2.05, 4.69) is 15.0 Å². The summed E-state index contributed by atoms with van der Waals surface area (Å²) >= 11 is 0. The van der Waals surface area contributed by atoms with Crippen molar-refractivity contribution in [3.8, 4) is 5.75 Å². The Morgan fingerprint density at radius 3 is 2.36 bits per heavy atom. The lowest BCUT2D eigenvalue weighted by atomic mass is 10.1. The Bertz CT molecular complexity index is 1240. The molecule has 1 amide bonds. The van der Waals surface area contributed by atoms with Crippen LogP contribution < -0.4 is 20.3 Å². The SMILES string of the molecule is Cc1cc(C)c(S(=O)(=O)N[C@@H](Cc2ccc(OCCCNc3ccccn3)cc2)C(=O)NO)c(C)c1. The normalized spacial score (nSPS) is 12.1. The first-order valence-corrected chi connectivity index (χ1v) is 13.1. The Kier molecular flexibility index (Phi) is 9.40. The van der Waals surface area contributed by atoms with E-state index < -0.39 is 22.0 Å². The second-order valence-electron chi connectivity index (χ2n) is 8.57. The molecule has 0 fully saturated rings.